The van der Waals surface area contributed by atoms with Crippen LogP contribution >= 0.6 is 11.8 Å². The number of hydrogen-bond donors (Lipinski definition) is 2. The van der Waals surface area contributed by atoms with Gasteiger partial charge in [-0.05, 0) is 68.9 Å². The fraction of sp³-hybridized carbons (Fsp3) is 0.750. The third-order valence-electron chi connectivity index (χ3n) is 6.57. The summed E-state index contributed by atoms with van der Waals surface area (Å²) in [6.45, 7) is 5.50. The highest BCUT2D eigenvalue weighted by Crippen LogP contribution is 2.28. The van der Waals surface area contributed by atoms with Crippen LogP contribution in [0.2, 0.25) is 0 Å². The molecule has 4 unspecified atom stereocenters. The predicted octanol–water partition coefficient (Wildman–Crippen LogP) is 2.56. The van der Waals surface area contributed by atoms with E-state index >= 15 is 0 Å². The minimum Gasteiger partial charge on any atom is -0.427 e. The van der Waals surface area contributed by atoms with Crippen LogP contribution in [0, 0.1) is 11.8 Å². The summed E-state index contributed by atoms with van der Waals surface area (Å²) in [7, 11) is 3.86. The van der Waals surface area contributed by atoms with E-state index in [9.17, 15) is 9.59 Å². The molecule has 0 aliphatic carbocycles. The number of carbonyl (C=O) groups is 2. The standard InChI is InChI=1S/C24H40N4O3S/c1-17(2)23-24(30)26-19(14-25-3)15-28-11-9-20(13-21(28)27(23)4)31-22(29)8-6-5-7-18-10-12-32-16-18/h9,11,13,17-19,21,23,25H,5-8,10,12,14-16H2,1-4H3,(H,26,30). The molecule has 0 aromatic heterocycles. The summed E-state index contributed by atoms with van der Waals surface area (Å²) in [6.07, 6.45) is 10.6. The van der Waals surface area contributed by atoms with Crippen molar-refractivity contribution >= 4 is 23.6 Å². The molecular formula is C24H40N4O3S. The molecule has 3 aliphatic heterocycles. The maximum atomic E-state index is 13.0. The quantitative estimate of drug-likeness (QED) is 0.401. The van der Waals surface area contributed by atoms with E-state index in [0.717, 1.165) is 18.8 Å². The summed E-state index contributed by atoms with van der Waals surface area (Å²) in [6, 6.07) is -0.263. The van der Waals surface area contributed by atoms with E-state index in [2.05, 4.69) is 34.3 Å². The summed E-state index contributed by atoms with van der Waals surface area (Å²) < 4.78 is 5.69. The van der Waals surface area contributed by atoms with Gasteiger partial charge < -0.3 is 20.3 Å². The molecule has 0 spiro atoms. The van der Waals surface area contributed by atoms with Gasteiger partial charge in [-0.2, -0.15) is 11.8 Å². The Bertz CT molecular complexity index is 705. The van der Waals surface area contributed by atoms with Gasteiger partial charge in [-0.3, -0.25) is 14.5 Å². The highest BCUT2D eigenvalue weighted by atomic mass is 32.2. The van der Waals surface area contributed by atoms with Gasteiger partial charge in [0.2, 0.25) is 5.91 Å². The van der Waals surface area contributed by atoms with Gasteiger partial charge in [0.05, 0.1) is 12.1 Å². The number of esters is 1. The highest BCUT2D eigenvalue weighted by Gasteiger charge is 2.37. The smallest absolute Gasteiger partial charge is 0.311 e. The number of nitrogens with zero attached hydrogens (tertiary/aromatic N) is 2. The molecule has 2 N–H and O–H groups in total. The fourth-order valence-electron chi connectivity index (χ4n) is 4.91. The summed E-state index contributed by atoms with van der Waals surface area (Å²) >= 11 is 2.04. The second kappa shape index (κ2) is 12.1. The lowest BCUT2D eigenvalue weighted by Gasteiger charge is -2.45. The molecule has 3 aliphatic rings. The molecule has 3 heterocycles. The number of hydrogen-bond acceptors (Lipinski definition) is 7. The molecule has 0 bridgehead atoms. The number of thioether (sulfide) groups is 1. The van der Waals surface area contributed by atoms with Crippen LogP contribution in [0.5, 0.6) is 0 Å². The fourth-order valence-corrected chi connectivity index (χ4v) is 6.24. The molecule has 32 heavy (non-hydrogen) atoms. The third kappa shape index (κ3) is 6.75. The normalized spacial score (nSPS) is 28.7. The number of likely N-dealkylation sites (N-methyl/N-ethyl adjacent to an activating group) is 2. The molecule has 0 aromatic carbocycles. The number of amides is 1. The topological polar surface area (TPSA) is 73.9 Å². The van der Waals surface area contributed by atoms with Gasteiger partial charge in [0.25, 0.3) is 0 Å². The number of carbonyl (C=O) groups excluding carboxylic acids is 2. The number of unbranched alkanes of at least 4 members (excludes halogenated alkanes) is 1. The lowest BCUT2D eigenvalue weighted by atomic mass is 9.99. The third-order valence-corrected chi connectivity index (χ3v) is 7.80. The van der Waals surface area contributed by atoms with E-state index in [1.807, 2.05) is 44.2 Å². The van der Waals surface area contributed by atoms with E-state index in [4.69, 9.17) is 4.74 Å². The number of ether oxygens (including phenoxy) is 1. The monoisotopic (exact) mass is 464 g/mol. The zero-order valence-electron chi connectivity index (χ0n) is 20.0. The van der Waals surface area contributed by atoms with Crippen molar-refractivity contribution in [2.75, 3.05) is 38.7 Å². The van der Waals surface area contributed by atoms with Crippen molar-refractivity contribution in [1.82, 2.24) is 20.4 Å². The van der Waals surface area contributed by atoms with E-state index in [0.29, 0.717) is 25.3 Å². The Balaban J connectivity index is 1.60. The average Bonchev–Trinajstić information content (AvgIpc) is 3.25. The zero-order valence-corrected chi connectivity index (χ0v) is 20.8. The van der Waals surface area contributed by atoms with Gasteiger partial charge in [-0.15, -0.1) is 0 Å². The summed E-state index contributed by atoms with van der Waals surface area (Å²) in [5.74, 6) is 3.99. The molecule has 2 saturated heterocycles. The molecule has 1 amide bonds. The van der Waals surface area contributed by atoms with Crippen LogP contribution in [-0.2, 0) is 14.3 Å². The number of fused-ring (bicyclic) bond motifs is 1. The predicted molar refractivity (Wildman–Crippen MR) is 130 cm³/mol. The minimum absolute atomic E-state index is 0.00497. The van der Waals surface area contributed by atoms with Crippen LogP contribution in [0.25, 0.3) is 0 Å². The average molecular weight is 465 g/mol. The van der Waals surface area contributed by atoms with Crippen molar-refractivity contribution in [2.24, 2.45) is 11.8 Å². The minimum atomic E-state index is -0.268. The Labute approximate surface area is 197 Å². The van der Waals surface area contributed by atoms with Crippen molar-refractivity contribution in [2.45, 2.75) is 64.2 Å². The highest BCUT2D eigenvalue weighted by molar-refractivity contribution is 7.99. The number of nitrogens with one attached hydrogen (secondary N) is 2. The largest absolute Gasteiger partial charge is 0.427 e. The Hall–Kier alpha value is -1.51. The molecule has 4 atom stereocenters. The van der Waals surface area contributed by atoms with Crippen molar-refractivity contribution in [1.29, 1.82) is 0 Å². The van der Waals surface area contributed by atoms with Gasteiger partial charge in [0.15, 0.2) is 0 Å². The second-order valence-corrected chi connectivity index (χ2v) is 10.7. The molecule has 180 valence electrons. The van der Waals surface area contributed by atoms with Crippen LogP contribution in [-0.4, -0.2) is 78.6 Å². The lowest BCUT2D eigenvalue weighted by molar-refractivity contribution is -0.139. The molecule has 0 aromatic rings. The maximum absolute atomic E-state index is 13.0. The first-order valence-electron chi connectivity index (χ1n) is 12.0. The van der Waals surface area contributed by atoms with Crippen LogP contribution in [0.4, 0.5) is 0 Å². The van der Waals surface area contributed by atoms with Crippen molar-refractivity contribution in [3.63, 3.8) is 0 Å². The van der Waals surface area contributed by atoms with Gasteiger partial charge in [-0.1, -0.05) is 20.3 Å². The molecule has 0 radical (unpaired) electrons. The first-order chi connectivity index (χ1) is 15.4. The Morgan fingerprint density at radius 3 is 2.88 bits per heavy atom. The molecule has 0 saturated carbocycles. The van der Waals surface area contributed by atoms with Crippen molar-refractivity contribution in [3.05, 3.63) is 24.1 Å². The van der Waals surface area contributed by atoms with E-state index in [1.165, 1.54) is 24.3 Å². The molecule has 7 nitrogen and oxygen atoms in total. The number of allylic oxidation sites excluding steroid dienone is 1. The van der Waals surface area contributed by atoms with Crippen molar-refractivity contribution < 1.29 is 14.3 Å². The molecular weight excluding hydrogens is 424 g/mol. The lowest BCUT2D eigenvalue weighted by Crippen LogP contribution is -2.63. The van der Waals surface area contributed by atoms with Crippen LogP contribution in [0.1, 0.15) is 46.0 Å². The molecule has 8 heteroatoms. The van der Waals surface area contributed by atoms with Gasteiger partial charge in [0, 0.05) is 25.7 Å². The zero-order chi connectivity index (χ0) is 23.1. The first-order valence-corrected chi connectivity index (χ1v) is 13.2. The summed E-state index contributed by atoms with van der Waals surface area (Å²) in [5.41, 5.74) is 0. The molecule has 3 rings (SSSR count). The van der Waals surface area contributed by atoms with Gasteiger partial charge >= 0.3 is 5.97 Å². The van der Waals surface area contributed by atoms with E-state index < -0.39 is 0 Å². The number of rotatable bonds is 9. The molecule has 2 fully saturated rings. The Morgan fingerprint density at radius 1 is 1.38 bits per heavy atom. The first kappa shape index (κ1) is 25.1. The van der Waals surface area contributed by atoms with Crippen molar-refractivity contribution in [3.8, 4) is 0 Å². The maximum Gasteiger partial charge on any atom is 0.311 e. The van der Waals surface area contributed by atoms with Gasteiger partial charge in [-0.25, -0.2) is 0 Å². The van der Waals surface area contributed by atoms with E-state index in [1.54, 1.807) is 0 Å². The Kier molecular flexibility index (Phi) is 9.49. The van der Waals surface area contributed by atoms with Crippen LogP contribution < -0.4 is 10.6 Å². The second-order valence-electron chi connectivity index (χ2n) is 9.56. The SMILES string of the molecule is CNCC1CN2C=CC(OC(=O)CCCCC3CCSC3)=CC2N(C)C(C(C)C)C(=O)N1. The van der Waals surface area contributed by atoms with Crippen LogP contribution in [0.3, 0.4) is 0 Å². The Morgan fingerprint density at radius 2 is 2.19 bits per heavy atom. The summed E-state index contributed by atoms with van der Waals surface area (Å²) in [5, 5.41) is 6.35. The van der Waals surface area contributed by atoms with Crippen LogP contribution in [0.15, 0.2) is 24.1 Å². The van der Waals surface area contributed by atoms with Gasteiger partial charge in [0.1, 0.15) is 11.9 Å². The van der Waals surface area contributed by atoms with E-state index in [-0.39, 0.29) is 36.0 Å². The summed E-state index contributed by atoms with van der Waals surface area (Å²) in [4.78, 5) is 29.7.